The minimum Gasteiger partial charge on any atom is -0.454 e. The normalized spacial score (nSPS) is 21.3. The molecular formula is C27H34F3N3O3. The minimum absolute atomic E-state index is 0.0118. The lowest BCUT2D eigenvalue weighted by molar-refractivity contribution is -0.0999. The maximum Gasteiger partial charge on any atom is 0.482 e. The molecule has 1 atom stereocenters. The van der Waals surface area contributed by atoms with Gasteiger partial charge in [0.25, 0.3) is 0 Å². The van der Waals surface area contributed by atoms with Gasteiger partial charge in [-0.2, -0.15) is 13.2 Å². The van der Waals surface area contributed by atoms with E-state index >= 15 is 0 Å². The first-order valence-corrected chi connectivity index (χ1v) is 12.8. The Morgan fingerprint density at radius 1 is 0.889 bits per heavy atom. The van der Waals surface area contributed by atoms with E-state index < -0.39 is 11.9 Å². The Morgan fingerprint density at radius 2 is 1.56 bits per heavy atom. The Labute approximate surface area is 210 Å². The number of hydrogen-bond acceptors (Lipinski definition) is 6. The van der Waals surface area contributed by atoms with E-state index in [0.717, 1.165) is 81.9 Å². The molecule has 36 heavy (non-hydrogen) atoms. The van der Waals surface area contributed by atoms with Crippen molar-refractivity contribution in [2.75, 3.05) is 44.8 Å². The lowest BCUT2D eigenvalue weighted by atomic mass is 9.72. The van der Waals surface area contributed by atoms with Crippen molar-refractivity contribution in [3.05, 3.63) is 53.6 Å². The molecule has 2 fully saturated rings. The zero-order valence-electron chi connectivity index (χ0n) is 20.4. The molecule has 3 aliphatic rings. The van der Waals surface area contributed by atoms with Crippen LogP contribution in [0, 0.1) is 0 Å². The predicted molar refractivity (Wildman–Crippen MR) is 131 cm³/mol. The molecule has 1 unspecified atom stereocenters. The van der Waals surface area contributed by atoms with Gasteiger partial charge in [0.1, 0.15) is 0 Å². The number of piperazine rings is 1. The lowest BCUT2D eigenvalue weighted by Crippen LogP contribution is -2.50. The maximum absolute atomic E-state index is 12.7. The Morgan fingerprint density at radius 3 is 2.25 bits per heavy atom. The number of hydrogen-bond donors (Lipinski definition) is 2. The zero-order valence-corrected chi connectivity index (χ0v) is 20.4. The topological polar surface area (TPSA) is 57.2 Å². The van der Waals surface area contributed by atoms with E-state index in [1.165, 1.54) is 17.7 Å². The highest BCUT2D eigenvalue weighted by atomic mass is 19.4. The van der Waals surface area contributed by atoms with Gasteiger partial charge in [0, 0.05) is 50.9 Å². The van der Waals surface area contributed by atoms with E-state index in [4.69, 9.17) is 9.47 Å². The molecule has 0 aromatic heterocycles. The molecule has 2 aliphatic heterocycles. The molecule has 2 aromatic carbocycles. The number of aliphatic hydroxyl groups is 1. The number of benzene rings is 2. The first-order valence-electron chi connectivity index (χ1n) is 12.8. The van der Waals surface area contributed by atoms with Gasteiger partial charge >= 0.3 is 6.30 Å². The van der Waals surface area contributed by atoms with Crippen LogP contribution in [0.15, 0.2) is 42.5 Å². The first-order chi connectivity index (χ1) is 17.3. The van der Waals surface area contributed by atoms with Crippen LogP contribution in [0.3, 0.4) is 0 Å². The molecule has 1 aliphatic carbocycles. The summed E-state index contributed by atoms with van der Waals surface area (Å²) in [5.41, 5.74) is 1.27. The highest BCUT2D eigenvalue weighted by Gasteiger charge is 2.40. The Hall–Kier alpha value is -2.49. The van der Waals surface area contributed by atoms with Crippen LogP contribution in [0.5, 0.6) is 11.5 Å². The first kappa shape index (κ1) is 25.2. The summed E-state index contributed by atoms with van der Waals surface area (Å²) in [7, 11) is 0. The fourth-order valence-electron chi connectivity index (χ4n) is 5.75. The van der Waals surface area contributed by atoms with Crippen LogP contribution in [0.25, 0.3) is 0 Å². The van der Waals surface area contributed by atoms with Gasteiger partial charge in [-0.15, -0.1) is 0 Å². The second-order valence-corrected chi connectivity index (χ2v) is 10.2. The number of ether oxygens (including phenoxy) is 2. The van der Waals surface area contributed by atoms with Gasteiger partial charge in [-0.25, -0.2) is 0 Å². The number of anilines is 1. The van der Waals surface area contributed by atoms with Gasteiger partial charge in [0.05, 0.1) is 5.60 Å². The molecule has 9 heteroatoms. The van der Waals surface area contributed by atoms with Crippen molar-refractivity contribution in [1.29, 1.82) is 0 Å². The number of fused-ring (bicyclic) bond motifs is 1. The summed E-state index contributed by atoms with van der Waals surface area (Å²) in [5.74, 6) is 1.45. The molecule has 1 saturated heterocycles. The molecule has 5 rings (SSSR count). The maximum atomic E-state index is 12.7. The quantitative estimate of drug-likeness (QED) is 0.520. The summed E-state index contributed by atoms with van der Waals surface area (Å²) in [5, 5.41) is 13.2. The van der Waals surface area contributed by atoms with Crippen LogP contribution in [0.2, 0.25) is 0 Å². The number of nitrogens with one attached hydrogen (secondary N) is 1. The monoisotopic (exact) mass is 505 g/mol. The van der Waals surface area contributed by atoms with Crippen molar-refractivity contribution in [3.63, 3.8) is 0 Å². The molecular weight excluding hydrogens is 471 g/mol. The van der Waals surface area contributed by atoms with Crippen molar-refractivity contribution >= 4 is 5.69 Å². The van der Waals surface area contributed by atoms with Crippen molar-refractivity contribution in [1.82, 2.24) is 9.80 Å². The summed E-state index contributed by atoms with van der Waals surface area (Å²) in [6.45, 7) is 5.39. The minimum atomic E-state index is -4.47. The highest BCUT2D eigenvalue weighted by Crippen LogP contribution is 2.41. The van der Waals surface area contributed by atoms with E-state index in [2.05, 4.69) is 15.9 Å². The summed E-state index contributed by atoms with van der Waals surface area (Å²) in [6.07, 6.45) is 0.0490. The summed E-state index contributed by atoms with van der Waals surface area (Å²) in [4.78, 5) is 4.80. The third-order valence-corrected chi connectivity index (χ3v) is 7.72. The van der Waals surface area contributed by atoms with Gasteiger partial charge in [-0.1, -0.05) is 37.5 Å². The van der Waals surface area contributed by atoms with Crippen LogP contribution in [0.1, 0.15) is 49.1 Å². The fourth-order valence-corrected chi connectivity index (χ4v) is 5.75. The molecule has 0 spiro atoms. The summed E-state index contributed by atoms with van der Waals surface area (Å²) >= 11 is 0. The van der Waals surface area contributed by atoms with E-state index in [9.17, 15) is 18.3 Å². The molecule has 0 radical (unpaired) electrons. The zero-order chi connectivity index (χ0) is 25.2. The molecule has 0 amide bonds. The number of rotatable bonds is 7. The molecule has 2 aromatic rings. The van der Waals surface area contributed by atoms with Crippen molar-refractivity contribution < 1.29 is 27.8 Å². The lowest BCUT2D eigenvalue weighted by Gasteiger charge is -2.43. The number of halogens is 3. The Bertz CT molecular complexity index is 1020. The Balaban J connectivity index is 1.23. The van der Waals surface area contributed by atoms with Crippen molar-refractivity contribution in [2.24, 2.45) is 0 Å². The fraction of sp³-hybridized carbons (Fsp3) is 0.556. The van der Waals surface area contributed by atoms with Crippen LogP contribution >= 0.6 is 0 Å². The average Bonchev–Trinajstić information content (AvgIpc) is 3.32. The molecule has 2 N–H and O–H groups in total. The van der Waals surface area contributed by atoms with Gasteiger partial charge < -0.3 is 19.5 Å². The smallest absolute Gasteiger partial charge is 0.454 e. The molecule has 2 heterocycles. The molecule has 0 bridgehead atoms. The third kappa shape index (κ3) is 6.07. The molecule has 1 saturated carbocycles. The van der Waals surface area contributed by atoms with Gasteiger partial charge in [-0.05, 0) is 48.2 Å². The number of nitrogens with zero attached hydrogens (tertiary/aromatic N) is 2. The standard InChI is InChI=1S/C27H34F3N3O3/c28-27(29,30)31-22-7-5-21(6-8-22)23(26(34)10-2-1-3-11-26)18-33-14-12-32(13-15-33)17-20-4-9-24-25(16-20)36-19-35-24/h4-9,16,23,31,34H,1-3,10-15,17-19H2. The summed E-state index contributed by atoms with van der Waals surface area (Å²) in [6, 6.07) is 12.5. The highest BCUT2D eigenvalue weighted by molar-refractivity contribution is 5.46. The van der Waals surface area contributed by atoms with Crippen LogP contribution < -0.4 is 14.8 Å². The van der Waals surface area contributed by atoms with Gasteiger partial charge in [0.2, 0.25) is 6.79 Å². The predicted octanol–water partition coefficient (Wildman–Crippen LogP) is 4.94. The second-order valence-electron chi connectivity index (χ2n) is 10.2. The molecule has 196 valence electrons. The van der Waals surface area contributed by atoms with Gasteiger partial charge in [0.15, 0.2) is 11.5 Å². The SMILES string of the molecule is OC1(C(CN2CCN(Cc3ccc4c(c3)OCO4)CC2)c2ccc(NC(F)(F)F)cc2)CCCCC1. The van der Waals surface area contributed by atoms with Crippen LogP contribution in [-0.2, 0) is 6.54 Å². The third-order valence-electron chi connectivity index (χ3n) is 7.72. The van der Waals surface area contributed by atoms with Crippen molar-refractivity contribution in [3.8, 4) is 11.5 Å². The van der Waals surface area contributed by atoms with Gasteiger partial charge in [-0.3, -0.25) is 10.2 Å². The van der Waals surface area contributed by atoms with E-state index in [1.807, 2.05) is 12.1 Å². The summed E-state index contributed by atoms with van der Waals surface area (Å²) < 4.78 is 49.0. The van der Waals surface area contributed by atoms with E-state index in [0.29, 0.717) is 6.54 Å². The van der Waals surface area contributed by atoms with Crippen LogP contribution in [-0.4, -0.2) is 66.3 Å². The average molecular weight is 506 g/mol. The number of alkyl halides is 3. The largest absolute Gasteiger partial charge is 0.482 e. The van der Waals surface area contributed by atoms with Crippen LogP contribution in [0.4, 0.5) is 18.9 Å². The second kappa shape index (κ2) is 10.5. The Kier molecular flexibility index (Phi) is 7.32. The van der Waals surface area contributed by atoms with Crippen molar-refractivity contribution in [2.45, 2.75) is 56.5 Å². The van der Waals surface area contributed by atoms with E-state index in [1.54, 1.807) is 17.4 Å². The van der Waals surface area contributed by atoms with E-state index in [-0.39, 0.29) is 18.4 Å². The molecule has 6 nitrogen and oxygen atoms in total.